The number of aliphatic hydroxyl groups is 1. The Morgan fingerprint density at radius 2 is 2.00 bits per heavy atom. The number of benzene rings is 2. The fourth-order valence-corrected chi connectivity index (χ4v) is 3.03. The maximum absolute atomic E-state index is 12.5. The van der Waals surface area contributed by atoms with Gasteiger partial charge in [-0.1, -0.05) is 24.3 Å². The van der Waals surface area contributed by atoms with Crippen molar-refractivity contribution in [3.05, 3.63) is 59.7 Å². The Morgan fingerprint density at radius 1 is 1.22 bits per heavy atom. The van der Waals surface area contributed by atoms with Crippen molar-refractivity contribution in [1.29, 1.82) is 5.26 Å². The number of carbonyl (C=O) groups is 1. The first kappa shape index (κ1) is 15.3. The fraction of sp³-hybridized carbons (Fsp3) is 0.263. The van der Waals surface area contributed by atoms with Gasteiger partial charge in [-0.25, -0.2) is 0 Å². The van der Waals surface area contributed by atoms with E-state index in [2.05, 4.69) is 6.07 Å². The Balaban J connectivity index is 1.82. The van der Waals surface area contributed by atoms with Gasteiger partial charge in [-0.05, 0) is 48.2 Å². The zero-order valence-corrected chi connectivity index (χ0v) is 12.8. The summed E-state index contributed by atoms with van der Waals surface area (Å²) >= 11 is 0. The van der Waals surface area contributed by atoms with Gasteiger partial charge in [0, 0.05) is 12.1 Å². The lowest BCUT2D eigenvalue weighted by atomic mass is 10.0. The molecule has 4 nitrogen and oxygen atoms in total. The first-order chi connectivity index (χ1) is 11.2. The van der Waals surface area contributed by atoms with Crippen LogP contribution in [0.25, 0.3) is 11.1 Å². The molecule has 2 aromatic carbocycles. The van der Waals surface area contributed by atoms with E-state index >= 15 is 0 Å². The highest BCUT2D eigenvalue weighted by Crippen LogP contribution is 2.23. The van der Waals surface area contributed by atoms with Crippen molar-refractivity contribution in [2.45, 2.75) is 18.9 Å². The van der Waals surface area contributed by atoms with Crippen molar-refractivity contribution in [3.8, 4) is 17.2 Å². The third-order valence-electron chi connectivity index (χ3n) is 4.31. The van der Waals surface area contributed by atoms with Crippen LogP contribution in [0.3, 0.4) is 0 Å². The minimum Gasteiger partial charge on any atom is -0.394 e. The third-order valence-corrected chi connectivity index (χ3v) is 4.31. The van der Waals surface area contributed by atoms with E-state index in [0.717, 1.165) is 24.0 Å². The molecule has 0 spiro atoms. The van der Waals surface area contributed by atoms with Gasteiger partial charge in [0.2, 0.25) is 0 Å². The van der Waals surface area contributed by atoms with Crippen LogP contribution in [-0.4, -0.2) is 35.1 Å². The Bertz CT molecular complexity index is 747. The van der Waals surface area contributed by atoms with Crippen LogP contribution < -0.4 is 0 Å². The molecule has 1 N–H and O–H groups in total. The molecule has 0 aromatic heterocycles. The van der Waals surface area contributed by atoms with E-state index in [1.165, 1.54) is 0 Å². The molecule has 2 aromatic rings. The lowest BCUT2D eigenvalue weighted by Gasteiger charge is -2.23. The number of hydrogen-bond donors (Lipinski definition) is 1. The number of carbonyl (C=O) groups excluding carboxylic acids is 1. The summed E-state index contributed by atoms with van der Waals surface area (Å²) < 4.78 is 0. The van der Waals surface area contributed by atoms with Crippen LogP contribution in [0.15, 0.2) is 48.5 Å². The molecule has 0 unspecified atom stereocenters. The second-order valence-corrected chi connectivity index (χ2v) is 5.75. The Morgan fingerprint density at radius 3 is 2.70 bits per heavy atom. The summed E-state index contributed by atoms with van der Waals surface area (Å²) in [6, 6.07) is 16.9. The molecule has 1 amide bonds. The number of nitrogens with zero attached hydrogens (tertiary/aromatic N) is 2. The molecular formula is C19H18N2O2. The molecule has 0 saturated carbocycles. The number of aliphatic hydroxyl groups excluding tert-OH is 1. The Kier molecular flexibility index (Phi) is 4.40. The molecule has 23 heavy (non-hydrogen) atoms. The molecule has 0 aliphatic carbocycles. The summed E-state index contributed by atoms with van der Waals surface area (Å²) in [5.74, 6) is -0.0288. The second kappa shape index (κ2) is 6.64. The molecule has 1 fully saturated rings. The topological polar surface area (TPSA) is 64.3 Å². The van der Waals surface area contributed by atoms with Crippen molar-refractivity contribution in [2.24, 2.45) is 0 Å². The van der Waals surface area contributed by atoms with E-state index in [4.69, 9.17) is 5.26 Å². The molecule has 1 heterocycles. The molecule has 4 heteroatoms. The van der Waals surface area contributed by atoms with Gasteiger partial charge in [0.1, 0.15) is 0 Å². The van der Waals surface area contributed by atoms with Crippen molar-refractivity contribution < 1.29 is 9.90 Å². The van der Waals surface area contributed by atoms with Crippen LogP contribution in [0.1, 0.15) is 28.8 Å². The molecule has 1 atom stereocenters. The van der Waals surface area contributed by atoms with Crippen LogP contribution in [0.2, 0.25) is 0 Å². The zero-order chi connectivity index (χ0) is 16.2. The minimum atomic E-state index is -0.0607. The van der Waals surface area contributed by atoms with E-state index in [0.29, 0.717) is 17.7 Å². The summed E-state index contributed by atoms with van der Waals surface area (Å²) in [6.45, 7) is 0.723. The van der Waals surface area contributed by atoms with Crippen molar-refractivity contribution in [1.82, 2.24) is 4.90 Å². The molecular weight excluding hydrogens is 288 g/mol. The normalized spacial score (nSPS) is 17.0. The van der Waals surface area contributed by atoms with Crippen molar-refractivity contribution in [3.63, 3.8) is 0 Å². The van der Waals surface area contributed by atoms with E-state index in [9.17, 15) is 9.90 Å². The molecule has 116 valence electrons. The predicted octanol–water partition coefficient (Wildman–Crippen LogP) is 2.82. The Hall–Kier alpha value is -2.64. The largest absolute Gasteiger partial charge is 0.394 e. The third kappa shape index (κ3) is 3.10. The first-order valence-electron chi connectivity index (χ1n) is 7.75. The number of nitriles is 1. The average molecular weight is 306 g/mol. The van der Waals surface area contributed by atoms with E-state index in [1.807, 2.05) is 42.5 Å². The summed E-state index contributed by atoms with van der Waals surface area (Å²) in [7, 11) is 0. The van der Waals surface area contributed by atoms with Crippen molar-refractivity contribution >= 4 is 5.91 Å². The predicted molar refractivity (Wildman–Crippen MR) is 87.7 cm³/mol. The molecule has 1 aliphatic heterocycles. The molecule has 1 aliphatic rings. The van der Waals surface area contributed by atoms with Crippen LogP contribution in [0.4, 0.5) is 0 Å². The van der Waals surface area contributed by atoms with Crippen molar-refractivity contribution in [2.75, 3.05) is 13.2 Å². The van der Waals surface area contributed by atoms with E-state index in [1.54, 1.807) is 11.0 Å². The lowest BCUT2D eigenvalue weighted by molar-refractivity contribution is 0.0677. The highest BCUT2D eigenvalue weighted by atomic mass is 16.3. The van der Waals surface area contributed by atoms with Gasteiger partial charge in [0.15, 0.2) is 0 Å². The molecule has 0 bridgehead atoms. The first-order valence-corrected chi connectivity index (χ1v) is 7.75. The number of amides is 1. The number of likely N-dealkylation sites (tertiary alicyclic amines) is 1. The fourth-order valence-electron chi connectivity index (χ4n) is 3.03. The van der Waals surface area contributed by atoms with E-state index < -0.39 is 0 Å². The van der Waals surface area contributed by atoms with Crippen LogP contribution in [0, 0.1) is 11.3 Å². The summed E-state index contributed by atoms with van der Waals surface area (Å²) in [5.41, 5.74) is 3.17. The van der Waals surface area contributed by atoms with Gasteiger partial charge < -0.3 is 10.0 Å². The number of rotatable bonds is 3. The maximum atomic E-state index is 12.5. The van der Waals surface area contributed by atoms with Gasteiger partial charge >= 0.3 is 0 Å². The van der Waals surface area contributed by atoms with Gasteiger partial charge in [0.05, 0.1) is 24.3 Å². The van der Waals surface area contributed by atoms with Crippen LogP contribution >= 0.6 is 0 Å². The van der Waals surface area contributed by atoms with E-state index in [-0.39, 0.29) is 18.6 Å². The summed E-state index contributed by atoms with van der Waals surface area (Å²) in [6.07, 6.45) is 1.80. The zero-order valence-electron chi connectivity index (χ0n) is 12.8. The monoisotopic (exact) mass is 306 g/mol. The standard InChI is InChI=1S/C19H18N2O2/c20-12-14-3-1-4-17(11-14)15-6-8-16(9-7-15)19(23)21-10-2-5-18(21)13-22/h1,3-4,6-9,11,18,22H,2,5,10,13H2/t18-/m0/s1. The smallest absolute Gasteiger partial charge is 0.254 e. The van der Waals surface area contributed by atoms with Crippen LogP contribution in [0.5, 0.6) is 0 Å². The number of hydrogen-bond acceptors (Lipinski definition) is 3. The maximum Gasteiger partial charge on any atom is 0.254 e. The average Bonchev–Trinajstić information content (AvgIpc) is 3.10. The molecule has 1 saturated heterocycles. The minimum absolute atomic E-state index is 0.0186. The Labute approximate surface area is 135 Å². The molecule has 3 rings (SSSR count). The summed E-state index contributed by atoms with van der Waals surface area (Å²) in [5, 5.41) is 18.3. The summed E-state index contributed by atoms with van der Waals surface area (Å²) in [4.78, 5) is 14.3. The van der Waals surface area contributed by atoms with Gasteiger partial charge in [0.25, 0.3) is 5.91 Å². The second-order valence-electron chi connectivity index (χ2n) is 5.75. The van der Waals surface area contributed by atoms with Gasteiger partial charge in [-0.2, -0.15) is 5.26 Å². The SMILES string of the molecule is N#Cc1cccc(-c2ccc(C(=O)N3CCC[C@H]3CO)cc2)c1. The van der Waals surface area contributed by atoms with Crippen LogP contribution in [-0.2, 0) is 0 Å². The lowest BCUT2D eigenvalue weighted by Crippen LogP contribution is -2.37. The molecule has 0 radical (unpaired) electrons. The highest BCUT2D eigenvalue weighted by Gasteiger charge is 2.28. The quantitative estimate of drug-likeness (QED) is 0.948. The van der Waals surface area contributed by atoms with Gasteiger partial charge in [-0.3, -0.25) is 4.79 Å². The van der Waals surface area contributed by atoms with Gasteiger partial charge in [-0.15, -0.1) is 0 Å². The highest BCUT2D eigenvalue weighted by molar-refractivity contribution is 5.95.